The number of nitrogens with zero attached hydrogens (tertiary/aromatic N) is 1. The summed E-state index contributed by atoms with van der Waals surface area (Å²) in [5.74, 6) is 0.713. The molecule has 0 aromatic heterocycles. The maximum absolute atomic E-state index is 12.6. The molecule has 2 atom stereocenters. The van der Waals surface area contributed by atoms with E-state index in [0.29, 0.717) is 24.1 Å². The van der Waals surface area contributed by atoms with Crippen molar-refractivity contribution in [1.82, 2.24) is 4.90 Å². The molecule has 2 fully saturated rings. The van der Waals surface area contributed by atoms with Crippen molar-refractivity contribution in [2.45, 2.75) is 76.9 Å². The summed E-state index contributed by atoms with van der Waals surface area (Å²) in [6.45, 7) is 5.12. The van der Waals surface area contributed by atoms with E-state index in [1.54, 1.807) is 0 Å². The first-order valence-electron chi connectivity index (χ1n) is 10.7. The molecule has 5 nitrogen and oxygen atoms in total. The summed E-state index contributed by atoms with van der Waals surface area (Å²) in [5, 5.41) is 2.91. The molecule has 0 bridgehead atoms. The van der Waals surface area contributed by atoms with Crippen molar-refractivity contribution >= 4 is 24.2 Å². The van der Waals surface area contributed by atoms with E-state index >= 15 is 0 Å². The van der Waals surface area contributed by atoms with E-state index in [4.69, 9.17) is 9.47 Å². The maximum Gasteiger partial charge on any atom is 0.412 e. The zero-order chi connectivity index (χ0) is 18.9. The average molecular weight is 411 g/mol. The first kappa shape index (κ1) is 22.8. The number of anilines is 1. The second kappa shape index (κ2) is 12.2. The summed E-state index contributed by atoms with van der Waals surface area (Å²) < 4.78 is 11.7. The van der Waals surface area contributed by atoms with Gasteiger partial charge in [-0.15, -0.1) is 12.4 Å². The fourth-order valence-corrected chi connectivity index (χ4v) is 4.21. The van der Waals surface area contributed by atoms with E-state index in [0.717, 1.165) is 51.6 Å². The first-order chi connectivity index (χ1) is 13.3. The highest BCUT2D eigenvalue weighted by Gasteiger charge is 2.34. The topological polar surface area (TPSA) is 50.8 Å². The summed E-state index contributed by atoms with van der Waals surface area (Å²) in [5.41, 5.74) is 0.688. The number of nitrogens with one attached hydrogen (secondary N) is 1. The molecule has 3 rings (SSSR count). The molecule has 1 aliphatic carbocycles. The quantitative estimate of drug-likeness (QED) is 0.564. The fourth-order valence-electron chi connectivity index (χ4n) is 4.21. The number of amides is 1. The fraction of sp³-hybridized carbons (Fsp3) is 0.682. The van der Waals surface area contributed by atoms with Gasteiger partial charge >= 0.3 is 6.09 Å². The zero-order valence-corrected chi connectivity index (χ0v) is 17.8. The van der Waals surface area contributed by atoms with Gasteiger partial charge in [-0.25, -0.2) is 4.79 Å². The third-order valence-corrected chi connectivity index (χ3v) is 5.67. The van der Waals surface area contributed by atoms with Gasteiger partial charge in [0.2, 0.25) is 0 Å². The van der Waals surface area contributed by atoms with Crippen molar-refractivity contribution in [1.29, 1.82) is 0 Å². The van der Waals surface area contributed by atoms with Crippen LogP contribution < -0.4 is 10.1 Å². The third-order valence-electron chi connectivity index (χ3n) is 5.67. The second-order valence-corrected chi connectivity index (χ2v) is 7.72. The molecule has 1 aliphatic heterocycles. The van der Waals surface area contributed by atoms with E-state index in [-0.39, 0.29) is 24.6 Å². The second-order valence-electron chi connectivity index (χ2n) is 7.72. The van der Waals surface area contributed by atoms with Gasteiger partial charge in [-0.2, -0.15) is 0 Å². The van der Waals surface area contributed by atoms with E-state index in [1.165, 1.54) is 19.3 Å². The minimum atomic E-state index is -0.365. The molecular weight excluding hydrogens is 376 g/mol. The van der Waals surface area contributed by atoms with Gasteiger partial charge in [0.15, 0.2) is 0 Å². The van der Waals surface area contributed by atoms with Gasteiger partial charge in [0, 0.05) is 6.04 Å². The molecule has 1 amide bonds. The van der Waals surface area contributed by atoms with Gasteiger partial charge in [0.1, 0.15) is 11.9 Å². The average Bonchev–Trinajstić information content (AvgIpc) is 3.21. The van der Waals surface area contributed by atoms with Gasteiger partial charge < -0.3 is 9.47 Å². The Balaban J connectivity index is 0.00000280. The minimum absolute atomic E-state index is 0. The molecule has 0 radical (unpaired) electrons. The molecular formula is C22H35ClN2O3. The summed E-state index contributed by atoms with van der Waals surface area (Å²) in [6.07, 6.45) is 9.96. The Hall–Kier alpha value is -1.46. The van der Waals surface area contributed by atoms with Crippen LogP contribution in [0.1, 0.15) is 64.7 Å². The SMILES string of the molecule is CCCCCOc1ccccc1NC(=O)O[C@H]1CCCC[C@@H]1N1CCCC1.Cl. The van der Waals surface area contributed by atoms with E-state index < -0.39 is 0 Å². The van der Waals surface area contributed by atoms with Crippen LogP contribution in [-0.4, -0.2) is 42.8 Å². The Labute approximate surface area is 175 Å². The number of ether oxygens (including phenoxy) is 2. The standard InChI is InChI=1S/C22H34N2O3.ClH/c1-2-3-10-17-26-20-13-6-4-11-18(20)23-22(25)27-21-14-7-5-12-19(21)24-15-8-9-16-24;/h4,6,11,13,19,21H,2-3,5,7-10,12,14-17H2,1H3,(H,23,25);1H/t19-,21-;/m0./s1. The van der Waals surface area contributed by atoms with Crippen molar-refractivity contribution in [2.24, 2.45) is 0 Å². The summed E-state index contributed by atoms with van der Waals surface area (Å²) in [6, 6.07) is 7.98. The van der Waals surface area contributed by atoms with Crippen molar-refractivity contribution in [2.75, 3.05) is 25.0 Å². The first-order valence-corrected chi connectivity index (χ1v) is 10.7. The van der Waals surface area contributed by atoms with Crippen LogP contribution in [0, 0.1) is 0 Å². The monoisotopic (exact) mass is 410 g/mol. The van der Waals surface area contributed by atoms with Crippen LogP contribution in [0.2, 0.25) is 0 Å². The van der Waals surface area contributed by atoms with Crippen molar-refractivity contribution in [3.8, 4) is 5.75 Å². The van der Waals surface area contributed by atoms with Crippen LogP contribution >= 0.6 is 12.4 Å². The van der Waals surface area contributed by atoms with E-state index in [2.05, 4.69) is 17.1 Å². The van der Waals surface area contributed by atoms with Crippen molar-refractivity contribution < 1.29 is 14.3 Å². The molecule has 0 unspecified atom stereocenters. The molecule has 1 aromatic carbocycles. The number of halogens is 1. The molecule has 1 N–H and O–H groups in total. The highest BCUT2D eigenvalue weighted by Crippen LogP contribution is 2.29. The van der Waals surface area contributed by atoms with Crippen LogP contribution in [0.3, 0.4) is 0 Å². The molecule has 6 heteroatoms. The van der Waals surface area contributed by atoms with Gasteiger partial charge in [-0.3, -0.25) is 10.2 Å². The van der Waals surface area contributed by atoms with Crippen LogP contribution in [0.25, 0.3) is 0 Å². The zero-order valence-electron chi connectivity index (χ0n) is 17.0. The third kappa shape index (κ3) is 6.56. The molecule has 1 heterocycles. The lowest BCUT2D eigenvalue weighted by Crippen LogP contribution is -2.46. The number of carbonyl (C=O) groups excluding carboxylic acids is 1. The molecule has 0 spiro atoms. The van der Waals surface area contributed by atoms with Gasteiger partial charge in [-0.05, 0) is 63.7 Å². The lowest BCUT2D eigenvalue weighted by Gasteiger charge is -2.37. The number of likely N-dealkylation sites (tertiary alicyclic amines) is 1. The smallest absolute Gasteiger partial charge is 0.412 e. The Morgan fingerprint density at radius 1 is 1.11 bits per heavy atom. The Morgan fingerprint density at radius 2 is 1.86 bits per heavy atom. The Bertz CT molecular complexity index is 593. The highest BCUT2D eigenvalue weighted by molar-refractivity contribution is 5.86. The number of hydrogen-bond acceptors (Lipinski definition) is 4. The van der Waals surface area contributed by atoms with Crippen LogP contribution in [0.5, 0.6) is 5.75 Å². The Kier molecular flexibility index (Phi) is 9.93. The minimum Gasteiger partial charge on any atom is -0.491 e. The highest BCUT2D eigenvalue weighted by atomic mass is 35.5. The summed E-state index contributed by atoms with van der Waals surface area (Å²) in [7, 11) is 0. The molecule has 1 saturated heterocycles. The maximum atomic E-state index is 12.6. The van der Waals surface area contributed by atoms with E-state index in [1.807, 2.05) is 24.3 Å². The van der Waals surface area contributed by atoms with Gasteiger partial charge in [-0.1, -0.05) is 38.3 Å². The molecule has 2 aliphatic rings. The molecule has 1 saturated carbocycles. The van der Waals surface area contributed by atoms with Crippen LogP contribution in [-0.2, 0) is 4.74 Å². The number of unbranched alkanes of at least 4 members (excludes halogenated alkanes) is 2. The number of benzene rings is 1. The molecule has 28 heavy (non-hydrogen) atoms. The van der Waals surface area contributed by atoms with E-state index in [9.17, 15) is 4.79 Å². The molecule has 1 aromatic rings. The number of hydrogen-bond donors (Lipinski definition) is 1. The van der Waals surface area contributed by atoms with Crippen molar-refractivity contribution in [3.05, 3.63) is 24.3 Å². The number of para-hydroxylation sites is 2. The van der Waals surface area contributed by atoms with Crippen LogP contribution in [0.15, 0.2) is 24.3 Å². The molecule has 158 valence electrons. The van der Waals surface area contributed by atoms with Crippen molar-refractivity contribution in [3.63, 3.8) is 0 Å². The van der Waals surface area contributed by atoms with Gasteiger partial charge in [0.05, 0.1) is 12.3 Å². The number of rotatable bonds is 8. The summed E-state index contributed by atoms with van der Waals surface area (Å²) >= 11 is 0. The van der Waals surface area contributed by atoms with Gasteiger partial charge in [0.25, 0.3) is 0 Å². The predicted molar refractivity (Wildman–Crippen MR) is 116 cm³/mol. The lowest BCUT2D eigenvalue weighted by molar-refractivity contribution is 0.0176. The predicted octanol–water partition coefficient (Wildman–Crippen LogP) is 5.63. The lowest BCUT2D eigenvalue weighted by atomic mass is 9.91. The number of carbonyl (C=O) groups is 1. The Morgan fingerprint density at radius 3 is 2.64 bits per heavy atom. The largest absolute Gasteiger partial charge is 0.491 e. The normalized spacial score (nSPS) is 22.3. The summed E-state index contributed by atoms with van der Waals surface area (Å²) in [4.78, 5) is 15.1. The van der Waals surface area contributed by atoms with Crippen LogP contribution in [0.4, 0.5) is 10.5 Å².